The number of sulfonamides is 1. The first-order valence-electron chi connectivity index (χ1n) is 6.17. The number of hydrogen-bond donors (Lipinski definition) is 1. The van der Waals surface area contributed by atoms with Crippen LogP contribution >= 0.6 is 0 Å². The Labute approximate surface area is 107 Å². The molecule has 2 rings (SSSR count). The first-order chi connectivity index (χ1) is 8.50. The Morgan fingerprint density at radius 3 is 2.67 bits per heavy atom. The van der Waals surface area contributed by atoms with E-state index in [9.17, 15) is 8.42 Å². The molecule has 0 unspecified atom stereocenters. The van der Waals surface area contributed by atoms with Crippen LogP contribution in [0.3, 0.4) is 0 Å². The summed E-state index contributed by atoms with van der Waals surface area (Å²) < 4.78 is 28.0. The third-order valence-corrected chi connectivity index (χ3v) is 4.97. The van der Waals surface area contributed by atoms with Crippen LogP contribution in [-0.4, -0.2) is 46.6 Å². The SMILES string of the molecule is CCn1cc(S(=O)(=O)N(CCO)C2CC2)nc1C. The maximum Gasteiger partial charge on any atom is 0.262 e. The van der Waals surface area contributed by atoms with E-state index in [0.717, 1.165) is 12.8 Å². The first kappa shape index (κ1) is 13.5. The largest absolute Gasteiger partial charge is 0.395 e. The highest BCUT2D eigenvalue weighted by molar-refractivity contribution is 7.89. The number of imidazole rings is 1. The standard InChI is InChI=1S/C11H19N3O3S/c1-3-13-8-11(12-9(13)2)18(16,17)14(6-7-15)10-4-5-10/h8,10,15H,3-7H2,1-2H3. The van der Waals surface area contributed by atoms with Crippen molar-refractivity contribution in [2.75, 3.05) is 13.2 Å². The Morgan fingerprint density at radius 2 is 2.22 bits per heavy atom. The number of nitrogens with zero attached hydrogens (tertiary/aromatic N) is 3. The molecular weight excluding hydrogens is 254 g/mol. The Hall–Kier alpha value is -0.920. The van der Waals surface area contributed by atoms with E-state index in [4.69, 9.17) is 5.11 Å². The highest BCUT2D eigenvalue weighted by Gasteiger charge is 2.38. The smallest absolute Gasteiger partial charge is 0.262 e. The molecule has 102 valence electrons. The van der Waals surface area contributed by atoms with Crippen molar-refractivity contribution in [2.24, 2.45) is 0 Å². The zero-order chi connectivity index (χ0) is 13.3. The van der Waals surface area contributed by atoms with Gasteiger partial charge in [-0.25, -0.2) is 13.4 Å². The summed E-state index contributed by atoms with van der Waals surface area (Å²) in [6.07, 6.45) is 3.30. The Bertz CT molecular complexity index is 520. The second-order valence-electron chi connectivity index (χ2n) is 4.48. The summed E-state index contributed by atoms with van der Waals surface area (Å²) in [7, 11) is -3.57. The van der Waals surface area contributed by atoms with Crippen LogP contribution in [0.25, 0.3) is 0 Å². The van der Waals surface area contributed by atoms with E-state index in [2.05, 4.69) is 4.98 Å². The van der Waals surface area contributed by atoms with Crippen molar-refractivity contribution in [2.45, 2.75) is 44.3 Å². The molecular formula is C11H19N3O3S. The van der Waals surface area contributed by atoms with Crippen molar-refractivity contribution in [3.05, 3.63) is 12.0 Å². The fourth-order valence-electron chi connectivity index (χ4n) is 2.00. The maximum absolute atomic E-state index is 12.4. The number of rotatable bonds is 6. The molecule has 0 atom stereocenters. The Balaban J connectivity index is 2.33. The fraction of sp³-hybridized carbons (Fsp3) is 0.727. The Kier molecular flexibility index (Phi) is 3.74. The van der Waals surface area contributed by atoms with Crippen molar-refractivity contribution in [1.29, 1.82) is 0 Å². The molecule has 0 saturated heterocycles. The van der Waals surface area contributed by atoms with Crippen LogP contribution in [-0.2, 0) is 16.6 Å². The Morgan fingerprint density at radius 1 is 1.56 bits per heavy atom. The van der Waals surface area contributed by atoms with Crippen LogP contribution in [0.5, 0.6) is 0 Å². The van der Waals surface area contributed by atoms with Crippen molar-refractivity contribution < 1.29 is 13.5 Å². The molecule has 1 N–H and O–H groups in total. The lowest BCUT2D eigenvalue weighted by atomic mass is 10.6. The average molecular weight is 273 g/mol. The zero-order valence-electron chi connectivity index (χ0n) is 10.7. The maximum atomic E-state index is 12.4. The van der Waals surface area contributed by atoms with Gasteiger partial charge in [0, 0.05) is 25.3 Å². The summed E-state index contributed by atoms with van der Waals surface area (Å²) in [5, 5.41) is 9.08. The molecule has 1 aliphatic rings. The molecule has 0 bridgehead atoms. The molecule has 18 heavy (non-hydrogen) atoms. The van der Waals surface area contributed by atoms with E-state index >= 15 is 0 Å². The van der Waals surface area contributed by atoms with Crippen LogP contribution in [0.15, 0.2) is 11.2 Å². The molecule has 7 heteroatoms. The van der Waals surface area contributed by atoms with Crippen molar-refractivity contribution in [3.63, 3.8) is 0 Å². The van der Waals surface area contributed by atoms with Crippen LogP contribution in [0, 0.1) is 6.92 Å². The number of aromatic nitrogens is 2. The highest BCUT2D eigenvalue weighted by Crippen LogP contribution is 2.31. The van der Waals surface area contributed by atoms with Crippen LogP contribution in [0.2, 0.25) is 0 Å². The van der Waals surface area contributed by atoms with Crippen molar-refractivity contribution >= 4 is 10.0 Å². The van der Waals surface area contributed by atoms with Gasteiger partial charge in [0.2, 0.25) is 0 Å². The summed E-state index contributed by atoms with van der Waals surface area (Å²) in [6.45, 7) is 4.40. The highest BCUT2D eigenvalue weighted by atomic mass is 32.2. The van der Waals surface area contributed by atoms with Gasteiger partial charge in [0.15, 0.2) is 5.03 Å². The van der Waals surface area contributed by atoms with Gasteiger partial charge >= 0.3 is 0 Å². The molecule has 1 fully saturated rings. The van der Waals surface area contributed by atoms with E-state index in [1.54, 1.807) is 17.7 Å². The fourth-order valence-corrected chi connectivity index (χ4v) is 3.68. The van der Waals surface area contributed by atoms with Gasteiger partial charge in [-0.05, 0) is 26.7 Å². The van der Waals surface area contributed by atoms with E-state index in [-0.39, 0.29) is 24.2 Å². The molecule has 1 saturated carbocycles. The van der Waals surface area contributed by atoms with Gasteiger partial charge in [-0.1, -0.05) is 0 Å². The number of aliphatic hydroxyl groups is 1. The molecule has 1 aliphatic carbocycles. The topological polar surface area (TPSA) is 75.4 Å². The summed E-state index contributed by atoms with van der Waals surface area (Å²) in [4.78, 5) is 4.12. The van der Waals surface area contributed by atoms with Crippen LogP contribution in [0.1, 0.15) is 25.6 Å². The molecule has 1 heterocycles. The van der Waals surface area contributed by atoms with Crippen LogP contribution in [0.4, 0.5) is 0 Å². The van der Waals surface area contributed by atoms with E-state index in [0.29, 0.717) is 12.4 Å². The normalized spacial score (nSPS) is 16.4. The summed E-state index contributed by atoms with van der Waals surface area (Å²) >= 11 is 0. The van der Waals surface area contributed by atoms with Gasteiger partial charge in [-0.2, -0.15) is 4.31 Å². The number of aryl methyl sites for hydroxylation is 2. The summed E-state index contributed by atoms with van der Waals surface area (Å²) in [5.41, 5.74) is 0. The molecule has 0 spiro atoms. The van der Waals surface area contributed by atoms with Crippen molar-refractivity contribution in [1.82, 2.24) is 13.9 Å². The lowest BCUT2D eigenvalue weighted by molar-refractivity contribution is 0.250. The number of aliphatic hydroxyl groups excluding tert-OH is 1. The number of hydrogen-bond acceptors (Lipinski definition) is 4. The van der Waals surface area contributed by atoms with Gasteiger partial charge < -0.3 is 9.67 Å². The molecule has 0 radical (unpaired) electrons. The molecule has 6 nitrogen and oxygen atoms in total. The monoisotopic (exact) mass is 273 g/mol. The molecule has 0 aromatic carbocycles. The van der Waals surface area contributed by atoms with E-state index in [1.807, 2.05) is 6.92 Å². The van der Waals surface area contributed by atoms with Gasteiger partial charge in [0.1, 0.15) is 5.82 Å². The molecule has 0 aliphatic heterocycles. The third-order valence-electron chi connectivity index (χ3n) is 3.14. The van der Waals surface area contributed by atoms with E-state index < -0.39 is 10.0 Å². The van der Waals surface area contributed by atoms with Gasteiger partial charge in [0.25, 0.3) is 10.0 Å². The molecule has 0 amide bonds. The minimum atomic E-state index is -3.57. The zero-order valence-corrected chi connectivity index (χ0v) is 11.5. The quantitative estimate of drug-likeness (QED) is 0.812. The summed E-state index contributed by atoms with van der Waals surface area (Å²) in [6, 6.07) is 0.0363. The minimum absolute atomic E-state index is 0.0363. The lowest BCUT2D eigenvalue weighted by Gasteiger charge is -2.19. The second kappa shape index (κ2) is 4.99. The predicted octanol–water partition coefficient (Wildman–Crippen LogP) is 0.357. The van der Waals surface area contributed by atoms with E-state index in [1.165, 1.54) is 4.31 Å². The second-order valence-corrected chi connectivity index (χ2v) is 6.32. The predicted molar refractivity (Wildman–Crippen MR) is 66.6 cm³/mol. The molecule has 1 aromatic heterocycles. The lowest BCUT2D eigenvalue weighted by Crippen LogP contribution is -2.35. The third kappa shape index (κ3) is 2.43. The average Bonchev–Trinajstić information content (AvgIpc) is 3.08. The van der Waals surface area contributed by atoms with Crippen LogP contribution < -0.4 is 0 Å². The summed E-state index contributed by atoms with van der Waals surface area (Å²) in [5.74, 6) is 0.691. The van der Waals surface area contributed by atoms with Gasteiger partial charge in [0.05, 0.1) is 6.61 Å². The van der Waals surface area contributed by atoms with Gasteiger partial charge in [-0.3, -0.25) is 0 Å². The molecule has 1 aromatic rings. The van der Waals surface area contributed by atoms with Crippen molar-refractivity contribution in [3.8, 4) is 0 Å². The minimum Gasteiger partial charge on any atom is -0.395 e. The first-order valence-corrected chi connectivity index (χ1v) is 7.61. The van der Waals surface area contributed by atoms with Gasteiger partial charge in [-0.15, -0.1) is 0 Å².